The molecule has 0 aliphatic carbocycles. The number of piperidine rings is 1. The average Bonchev–Trinajstić information content (AvgIpc) is 2.48. The summed E-state index contributed by atoms with van der Waals surface area (Å²) in [5, 5.41) is 12.1. The Morgan fingerprint density at radius 3 is 2.80 bits per heavy atom. The first-order valence-corrected chi connectivity index (χ1v) is 8.44. The molecule has 1 heterocycles. The monoisotopic (exact) mass is 298 g/mol. The standard InChI is InChI=1S/C14H22N2O3S/c1-15-13-7-2-3-8-14(13)20(18,19)16-10-5-4-6-12(16)9-11-17/h2-3,7-8,12,15,17H,4-6,9-11H2,1H3. The van der Waals surface area contributed by atoms with E-state index < -0.39 is 10.0 Å². The van der Waals surface area contributed by atoms with Crippen molar-refractivity contribution in [3.05, 3.63) is 24.3 Å². The second-order valence-electron chi connectivity index (χ2n) is 5.02. The predicted molar refractivity (Wildman–Crippen MR) is 79.2 cm³/mol. The smallest absolute Gasteiger partial charge is 0.245 e. The minimum Gasteiger partial charge on any atom is -0.396 e. The molecule has 112 valence electrons. The highest BCUT2D eigenvalue weighted by atomic mass is 32.2. The van der Waals surface area contributed by atoms with Gasteiger partial charge in [-0.1, -0.05) is 18.6 Å². The van der Waals surface area contributed by atoms with E-state index in [-0.39, 0.29) is 12.6 Å². The SMILES string of the molecule is CNc1ccccc1S(=O)(=O)N1CCCCC1CCO. The number of sulfonamides is 1. The molecule has 1 aromatic rings. The van der Waals surface area contributed by atoms with Gasteiger partial charge in [0.15, 0.2) is 0 Å². The van der Waals surface area contributed by atoms with Crippen molar-refractivity contribution in [1.29, 1.82) is 0 Å². The Hall–Kier alpha value is -1.11. The zero-order valence-corrected chi connectivity index (χ0v) is 12.6. The Bertz CT molecular complexity index is 543. The summed E-state index contributed by atoms with van der Waals surface area (Å²) >= 11 is 0. The third-order valence-electron chi connectivity index (χ3n) is 3.78. The molecule has 0 bridgehead atoms. The maximum absolute atomic E-state index is 12.9. The molecule has 2 N–H and O–H groups in total. The number of para-hydroxylation sites is 1. The lowest BCUT2D eigenvalue weighted by molar-refractivity contribution is 0.192. The zero-order chi connectivity index (χ0) is 14.6. The molecular formula is C14H22N2O3S. The van der Waals surface area contributed by atoms with E-state index in [4.69, 9.17) is 5.11 Å². The highest BCUT2D eigenvalue weighted by Crippen LogP contribution is 2.30. The number of hydrogen-bond acceptors (Lipinski definition) is 4. The van der Waals surface area contributed by atoms with Crippen molar-refractivity contribution in [2.75, 3.05) is 25.5 Å². The maximum Gasteiger partial charge on any atom is 0.245 e. The van der Waals surface area contributed by atoms with Crippen molar-refractivity contribution in [2.24, 2.45) is 0 Å². The normalized spacial score (nSPS) is 20.8. The molecule has 5 nitrogen and oxygen atoms in total. The molecule has 0 radical (unpaired) electrons. The molecule has 20 heavy (non-hydrogen) atoms. The fraction of sp³-hybridized carbons (Fsp3) is 0.571. The molecule has 0 saturated carbocycles. The van der Waals surface area contributed by atoms with E-state index in [1.165, 1.54) is 0 Å². The van der Waals surface area contributed by atoms with E-state index in [9.17, 15) is 8.42 Å². The molecule has 1 aliphatic heterocycles. The van der Waals surface area contributed by atoms with Gasteiger partial charge in [0, 0.05) is 26.2 Å². The number of rotatable bonds is 5. The fourth-order valence-electron chi connectivity index (χ4n) is 2.75. The van der Waals surface area contributed by atoms with E-state index in [1.807, 2.05) is 6.07 Å². The second-order valence-corrected chi connectivity index (χ2v) is 6.88. The van der Waals surface area contributed by atoms with Crippen LogP contribution in [-0.2, 0) is 10.0 Å². The van der Waals surface area contributed by atoms with Crippen LogP contribution < -0.4 is 5.32 Å². The van der Waals surface area contributed by atoms with E-state index in [0.717, 1.165) is 19.3 Å². The first-order valence-electron chi connectivity index (χ1n) is 7.00. The lowest BCUT2D eigenvalue weighted by atomic mass is 10.0. The van der Waals surface area contributed by atoms with Gasteiger partial charge in [-0.25, -0.2) is 8.42 Å². The molecule has 2 rings (SSSR count). The quantitative estimate of drug-likeness (QED) is 0.867. The van der Waals surface area contributed by atoms with Crippen LogP contribution in [0.15, 0.2) is 29.2 Å². The third-order valence-corrected chi connectivity index (χ3v) is 5.79. The summed E-state index contributed by atoms with van der Waals surface area (Å²) < 4.78 is 27.3. The first kappa shape index (κ1) is 15.3. The van der Waals surface area contributed by atoms with Crippen LogP contribution in [0.3, 0.4) is 0 Å². The average molecular weight is 298 g/mol. The van der Waals surface area contributed by atoms with Gasteiger partial charge in [-0.15, -0.1) is 0 Å². The van der Waals surface area contributed by atoms with Crippen LogP contribution in [0.2, 0.25) is 0 Å². The van der Waals surface area contributed by atoms with Crippen LogP contribution >= 0.6 is 0 Å². The lowest BCUT2D eigenvalue weighted by Crippen LogP contribution is -2.44. The summed E-state index contributed by atoms with van der Waals surface area (Å²) in [7, 11) is -1.80. The summed E-state index contributed by atoms with van der Waals surface area (Å²) in [6, 6.07) is 6.85. The number of nitrogens with one attached hydrogen (secondary N) is 1. The minimum atomic E-state index is -3.52. The molecule has 0 amide bonds. The van der Waals surface area contributed by atoms with Crippen LogP contribution in [0, 0.1) is 0 Å². The van der Waals surface area contributed by atoms with Gasteiger partial charge < -0.3 is 10.4 Å². The van der Waals surface area contributed by atoms with Crippen molar-refractivity contribution >= 4 is 15.7 Å². The van der Waals surface area contributed by atoms with Crippen molar-refractivity contribution in [1.82, 2.24) is 4.31 Å². The van der Waals surface area contributed by atoms with Crippen LogP contribution in [0.1, 0.15) is 25.7 Å². The molecule has 0 aromatic heterocycles. The highest BCUT2D eigenvalue weighted by Gasteiger charge is 2.34. The van der Waals surface area contributed by atoms with E-state index >= 15 is 0 Å². The van der Waals surface area contributed by atoms with Crippen LogP contribution in [0.25, 0.3) is 0 Å². The van der Waals surface area contributed by atoms with Crippen molar-refractivity contribution in [3.63, 3.8) is 0 Å². The summed E-state index contributed by atoms with van der Waals surface area (Å²) in [5.41, 5.74) is 0.612. The lowest BCUT2D eigenvalue weighted by Gasteiger charge is -2.34. The van der Waals surface area contributed by atoms with E-state index in [1.54, 1.807) is 29.6 Å². The Kier molecular flexibility index (Phi) is 5.01. The van der Waals surface area contributed by atoms with Crippen molar-refractivity contribution in [2.45, 2.75) is 36.6 Å². The Labute approximate surface area is 120 Å². The molecule has 0 spiro atoms. The van der Waals surface area contributed by atoms with Crippen LogP contribution in [0.4, 0.5) is 5.69 Å². The van der Waals surface area contributed by atoms with Gasteiger partial charge in [0.1, 0.15) is 4.90 Å². The molecule has 1 atom stereocenters. The van der Waals surface area contributed by atoms with Crippen molar-refractivity contribution in [3.8, 4) is 0 Å². The largest absolute Gasteiger partial charge is 0.396 e. The zero-order valence-electron chi connectivity index (χ0n) is 11.7. The number of aliphatic hydroxyl groups is 1. The first-order chi connectivity index (χ1) is 9.61. The summed E-state index contributed by atoms with van der Waals surface area (Å²) in [6.07, 6.45) is 3.22. The van der Waals surface area contributed by atoms with E-state index in [2.05, 4.69) is 5.32 Å². The number of aliphatic hydroxyl groups excluding tert-OH is 1. The van der Waals surface area contributed by atoms with Crippen LogP contribution in [-0.4, -0.2) is 44.1 Å². The predicted octanol–water partition coefficient (Wildman–Crippen LogP) is 1.65. The minimum absolute atomic E-state index is 0.0182. The Morgan fingerprint density at radius 1 is 1.35 bits per heavy atom. The van der Waals surface area contributed by atoms with Gasteiger partial charge in [-0.2, -0.15) is 4.31 Å². The molecule has 1 saturated heterocycles. The fourth-order valence-corrected chi connectivity index (χ4v) is 4.68. The molecule has 1 aliphatic rings. The highest BCUT2D eigenvalue weighted by molar-refractivity contribution is 7.89. The van der Waals surface area contributed by atoms with Crippen LogP contribution in [0.5, 0.6) is 0 Å². The summed E-state index contributed by atoms with van der Waals surface area (Å²) in [4.78, 5) is 0.312. The molecule has 1 fully saturated rings. The number of hydrogen-bond donors (Lipinski definition) is 2. The van der Waals surface area contributed by atoms with Gasteiger partial charge in [0.25, 0.3) is 0 Å². The van der Waals surface area contributed by atoms with Crippen molar-refractivity contribution < 1.29 is 13.5 Å². The van der Waals surface area contributed by atoms with Gasteiger partial charge in [0.05, 0.1) is 5.69 Å². The Balaban J connectivity index is 2.37. The molecule has 6 heteroatoms. The Morgan fingerprint density at radius 2 is 2.10 bits per heavy atom. The van der Waals surface area contributed by atoms with Gasteiger partial charge >= 0.3 is 0 Å². The maximum atomic E-state index is 12.9. The van der Waals surface area contributed by atoms with Gasteiger partial charge in [0.2, 0.25) is 10.0 Å². The number of anilines is 1. The number of benzene rings is 1. The topological polar surface area (TPSA) is 69.6 Å². The van der Waals surface area contributed by atoms with E-state index in [0.29, 0.717) is 23.5 Å². The summed E-state index contributed by atoms with van der Waals surface area (Å²) in [5.74, 6) is 0. The molecular weight excluding hydrogens is 276 g/mol. The number of nitrogens with zero attached hydrogens (tertiary/aromatic N) is 1. The second kappa shape index (κ2) is 6.56. The molecule has 1 unspecified atom stereocenters. The summed E-state index contributed by atoms with van der Waals surface area (Å²) in [6.45, 7) is 0.551. The van der Waals surface area contributed by atoms with Gasteiger partial charge in [-0.05, 0) is 31.4 Å². The molecule has 1 aromatic carbocycles. The van der Waals surface area contributed by atoms with Gasteiger partial charge in [-0.3, -0.25) is 0 Å². The third kappa shape index (κ3) is 2.97.